The summed E-state index contributed by atoms with van der Waals surface area (Å²) in [6.07, 6.45) is 3.17. The van der Waals surface area contributed by atoms with E-state index in [1.807, 2.05) is 26.8 Å². The van der Waals surface area contributed by atoms with Crippen molar-refractivity contribution < 1.29 is 28.6 Å². The number of benzene rings is 2. The van der Waals surface area contributed by atoms with Gasteiger partial charge in [-0.05, 0) is 94.5 Å². The molecule has 8 heteroatoms. The first-order valence-electron chi connectivity index (χ1n) is 12.6. The van der Waals surface area contributed by atoms with E-state index in [0.29, 0.717) is 43.2 Å². The van der Waals surface area contributed by atoms with E-state index in [4.69, 9.17) is 14.2 Å². The van der Waals surface area contributed by atoms with Crippen LogP contribution in [0.4, 0.5) is 0 Å². The molecule has 0 unspecified atom stereocenters. The molecule has 0 saturated heterocycles. The molecule has 0 radical (unpaired) electrons. The van der Waals surface area contributed by atoms with Gasteiger partial charge in [0.1, 0.15) is 11.5 Å². The summed E-state index contributed by atoms with van der Waals surface area (Å²) in [7, 11) is 0. The average Bonchev–Trinajstić information content (AvgIpc) is 2.87. The Morgan fingerprint density at radius 1 is 0.833 bits per heavy atom. The van der Waals surface area contributed by atoms with Crippen LogP contribution in [0.2, 0.25) is 0 Å². The van der Waals surface area contributed by atoms with Crippen molar-refractivity contribution in [3.8, 4) is 11.5 Å². The van der Waals surface area contributed by atoms with Crippen molar-refractivity contribution >= 4 is 17.8 Å². The van der Waals surface area contributed by atoms with E-state index in [2.05, 4.69) is 10.6 Å². The first-order chi connectivity index (χ1) is 17.4. The quantitative estimate of drug-likeness (QED) is 0.359. The maximum atomic E-state index is 12.6. The maximum Gasteiger partial charge on any atom is 0.308 e. The molecule has 1 fully saturated rings. The highest BCUT2D eigenvalue weighted by molar-refractivity contribution is 5.96. The smallest absolute Gasteiger partial charge is 0.308 e. The molecule has 0 aromatic heterocycles. The first kappa shape index (κ1) is 27.0. The summed E-state index contributed by atoms with van der Waals surface area (Å²) in [4.78, 5) is 36.8. The largest absolute Gasteiger partial charge is 0.494 e. The Bertz CT molecular complexity index is 1030. The van der Waals surface area contributed by atoms with Crippen LogP contribution in [0.25, 0.3) is 0 Å². The molecular weight excluding hydrogens is 460 g/mol. The zero-order valence-corrected chi connectivity index (χ0v) is 21.3. The molecule has 0 atom stereocenters. The van der Waals surface area contributed by atoms with Gasteiger partial charge in [-0.15, -0.1) is 0 Å². The van der Waals surface area contributed by atoms with Crippen LogP contribution in [0.15, 0.2) is 42.5 Å². The van der Waals surface area contributed by atoms with Gasteiger partial charge in [0, 0.05) is 24.2 Å². The van der Waals surface area contributed by atoms with Crippen LogP contribution < -0.4 is 20.1 Å². The van der Waals surface area contributed by atoms with E-state index >= 15 is 0 Å². The van der Waals surface area contributed by atoms with Crippen molar-refractivity contribution in [1.82, 2.24) is 10.6 Å². The third-order valence-corrected chi connectivity index (χ3v) is 6.16. The van der Waals surface area contributed by atoms with Crippen LogP contribution in [-0.4, -0.2) is 50.2 Å². The topological polar surface area (TPSA) is 103 Å². The zero-order chi connectivity index (χ0) is 25.9. The van der Waals surface area contributed by atoms with Crippen LogP contribution >= 0.6 is 0 Å². The van der Waals surface area contributed by atoms with Gasteiger partial charge in [0.05, 0.1) is 25.2 Å². The number of amides is 2. The number of aryl methyl sites for hydroxylation is 1. The molecule has 1 aliphatic carbocycles. The molecule has 0 bridgehead atoms. The molecule has 3 rings (SSSR count). The minimum absolute atomic E-state index is 0.0386. The van der Waals surface area contributed by atoms with Crippen molar-refractivity contribution in [3.05, 3.63) is 59.2 Å². The minimum atomic E-state index is -0.207. The molecule has 36 heavy (non-hydrogen) atoms. The Kier molecular flexibility index (Phi) is 10.2. The van der Waals surface area contributed by atoms with E-state index in [1.54, 1.807) is 36.4 Å². The lowest BCUT2D eigenvalue weighted by Gasteiger charge is -2.28. The van der Waals surface area contributed by atoms with Gasteiger partial charge in [0.25, 0.3) is 11.8 Å². The fourth-order valence-electron chi connectivity index (χ4n) is 4.25. The van der Waals surface area contributed by atoms with Crippen LogP contribution in [0.5, 0.6) is 11.5 Å². The number of nitrogens with one attached hydrogen (secondary N) is 2. The van der Waals surface area contributed by atoms with Gasteiger partial charge in [-0.3, -0.25) is 14.4 Å². The number of hydrogen-bond acceptors (Lipinski definition) is 6. The van der Waals surface area contributed by atoms with Gasteiger partial charge in [0.15, 0.2) is 0 Å². The number of carbonyl (C=O) groups is 3. The fourth-order valence-corrected chi connectivity index (χ4v) is 4.25. The standard InChI is InChI=1S/C28H36N2O6/c1-4-34-22-10-6-20(7-11-22)26(31)29-16-17-30-27(32)25-15-14-24(18-19(25)3)36-23-12-8-21(9-13-23)28(33)35-5-2/h6-7,10-11,14-15,18,21,23H,4-5,8-9,12-13,16-17H2,1-3H3,(H,29,31)(H,30,32)/t21-,23+. The van der Waals surface area contributed by atoms with Crippen LogP contribution in [-0.2, 0) is 9.53 Å². The summed E-state index contributed by atoms with van der Waals surface area (Å²) in [5.41, 5.74) is 1.90. The first-order valence-corrected chi connectivity index (χ1v) is 12.6. The van der Waals surface area contributed by atoms with Crippen molar-refractivity contribution in [2.45, 2.75) is 52.6 Å². The van der Waals surface area contributed by atoms with E-state index in [9.17, 15) is 14.4 Å². The lowest BCUT2D eigenvalue weighted by Crippen LogP contribution is -2.35. The third-order valence-electron chi connectivity index (χ3n) is 6.16. The van der Waals surface area contributed by atoms with Crippen LogP contribution in [0.1, 0.15) is 65.8 Å². The number of esters is 1. The summed E-state index contributed by atoms with van der Waals surface area (Å²) in [6, 6.07) is 12.3. The van der Waals surface area contributed by atoms with Crippen molar-refractivity contribution in [3.63, 3.8) is 0 Å². The lowest BCUT2D eigenvalue weighted by molar-refractivity contribution is -0.149. The normalized spacial score (nSPS) is 17.1. The Hall–Kier alpha value is -3.55. The number of hydrogen-bond donors (Lipinski definition) is 2. The molecule has 1 aliphatic rings. The molecule has 8 nitrogen and oxygen atoms in total. The maximum absolute atomic E-state index is 12.6. The monoisotopic (exact) mass is 496 g/mol. The Balaban J connectivity index is 1.41. The highest BCUT2D eigenvalue weighted by atomic mass is 16.5. The Morgan fingerprint density at radius 3 is 2.08 bits per heavy atom. The predicted octanol–water partition coefficient (Wildman–Crippen LogP) is 4.05. The Labute approximate surface area is 212 Å². The average molecular weight is 497 g/mol. The van der Waals surface area contributed by atoms with Gasteiger partial charge >= 0.3 is 5.97 Å². The Morgan fingerprint density at radius 2 is 1.47 bits per heavy atom. The second-order valence-corrected chi connectivity index (χ2v) is 8.79. The van der Waals surface area contributed by atoms with Gasteiger partial charge in [0.2, 0.25) is 0 Å². The summed E-state index contributed by atoms with van der Waals surface area (Å²) >= 11 is 0. The summed E-state index contributed by atoms with van der Waals surface area (Å²) < 4.78 is 16.6. The summed E-state index contributed by atoms with van der Waals surface area (Å²) in [5.74, 6) is 0.868. The van der Waals surface area contributed by atoms with E-state index < -0.39 is 0 Å². The molecule has 2 N–H and O–H groups in total. The van der Waals surface area contributed by atoms with Gasteiger partial charge < -0.3 is 24.8 Å². The molecule has 194 valence electrons. The van der Waals surface area contributed by atoms with Crippen LogP contribution in [0, 0.1) is 12.8 Å². The molecule has 2 aromatic rings. The minimum Gasteiger partial charge on any atom is -0.494 e. The molecule has 0 heterocycles. The highest BCUT2D eigenvalue weighted by Gasteiger charge is 2.28. The van der Waals surface area contributed by atoms with Crippen molar-refractivity contribution in [2.75, 3.05) is 26.3 Å². The zero-order valence-electron chi connectivity index (χ0n) is 21.3. The molecular formula is C28H36N2O6. The SMILES string of the molecule is CCOc1ccc(C(=O)NCCNC(=O)c2ccc(O[C@H]3CC[C@@H](C(=O)OCC)CC3)cc2C)cc1. The fraction of sp³-hybridized carbons (Fsp3) is 0.464. The number of rotatable bonds is 11. The van der Waals surface area contributed by atoms with Crippen molar-refractivity contribution in [1.29, 1.82) is 0 Å². The molecule has 2 aromatic carbocycles. The number of ether oxygens (including phenoxy) is 3. The second kappa shape index (κ2) is 13.5. The molecule has 0 aliphatic heterocycles. The third kappa shape index (κ3) is 7.73. The van der Waals surface area contributed by atoms with Crippen LogP contribution in [0.3, 0.4) is 0 Å². The number of carbonyl (C=O) groups excluding carboxylic acids is 3. The van der Waals surface area contributed by atoms with Gasteiger partial charge in [-0.25, -0.2) is 0 Å². The second-order valence-electron chi connectivity index (χ2n) is 8.79. The highest BCUT2D eigenvalue weighted by Crippen LogP contribution is 2.29. The lowest BCUT2D eigenvalue weighted by atomic mass is 9.87. The van der Waals surface area contributed by atoms with Gasteiger partial charge in [-0.1, -0.05) is 0 Å². The summed E-state index contributed by atoms with van der Waals surface area (Å²) in [5, 5.41) is 5.64. The van der Waals surface area contributed by atoms with Crippen molar-refractivity contribution in [2.24, 2.45) is 5.92 Å². The summed E-state index contributed by atoms with van der Waals surface area (Å²) in [6.45, 7) is 7.19. The molecule has 1 saturated carbocycles. The van der Waals surface area contributed by atoms with E-state index in [-0.39, 0.29) is 29.8 Å². The van der Waals surface area contributed by atoms with Gasteiger partial charge in [-0.2, -0.15) is 0 Å². The predicted molar refractivity (Wildman–Crippen MR) is 136 cm³/mol. The van der Waals surface area contributed by atoms with E-state index in [1.165, 1.54) is 0 Å². The molecule has 0 spiro atoms. The van der Waals surface area contributed by atoms with E-state index in [0.717, 1.165) is 37.0 Å². The molecule has 2 amide bonds.